The molecule has 0 saturated carbocycles. The highest BCUT2D eigenvalue weighted by Crippen LogP contribution is 2.27. The van der Waals surface area contributed by atoms with Crippen LogP contribution < -0.4 is 0 Å². The van der Waals surface area contributed by atoms with Crippen LogP contribution in [0.5, 0.6) is 5.75 Å². The van der Waals surface area contributed by atoms with Crippen LogP contribution in [0.1, 0.15) is 10.4 Å². The van der Waals surface area contributed by atoms with Crippen molar-refractivity contribution in [2.75, 3.05) is 26.3 Å². The molecule has 0 aromatic heterocycles. The second-order valence-corrected chi connectivity index (χ2v) is 5.91. The van der Waals surface area contributed by atoms with E-state index in [1.165, 1.54) is 0 Å². The first-order valence-electron chi connectivity index (χ1n) is 5.57. The molecule has 1 aliphatic heterocycles. The van der Waals surface area contributed by atoms with E-state index in [4.69, 9.17) is 9.84 Å². The standard InChI is InChI=1S/C11H13NO6S/c13-9-2-1-8(11(14)15)7-10(9)19(16,17)12-3-5-18-6-4-12/h1-2,7,13H,3-6H2,(H,14,15). The van der Waals surface area contributed by atoms with Crippen LogP contribution >= 0.6 is 0 Å². The second-order valence-electron chi connectivity index (χ2n) is 4.00. The fourth-order valence-corrected chi connectivity index (χ4v) is 3.30. The SMILES string of the molecule is O=C(O)c1ccc(O)c(S(=O)(=O)N2CCOCC2)c1. The molecule has 1 heterocycles. The largest absolute Gasteiger partial charge is 0.507 e. The van der Waals surface area contributed by atoms with E-state index in [1.807, 2.05) is 0 Å². The Morgan fingerprint density at radius 3 is 2.47 bits per heavy atom. The maximum Gasteiger partial charge on any atom is 0.335 e. The molecular formula is C11H13NO6S. The predicted molar refractivity (Wildman–Crippen MR) is 64.6 cm³/mol. The van der Waals surface area contributed by atoms with E-state index in [0.717, 1.165) is 22.5 Å². The topological polar surface area (TPSA) is 104 Å². The molecular weight excluding hydrogens is 274 g/mol. The lowest BCUT2D eigenvalue weighted by molar-refractivity contribution is 0.0696. The molecule has 0 bridgehead atoms. The summed E-state index contributed by atoms with van der Waals surface area (Å²) in [6.45, 7) is 0.912. The zero-order chi connectivity index (χ0) is 14.0. The highest BCUT2D eigenvalue weighted by Gasteiger charge is 2.29. The van der Waals surface area contributed by atoms with Gasteiger partial charge in [-0.05, 0) is 18.2 Å². The third-order valence-electron chi connectivity index (χ3n) is 2.79. The Hall–Kier alpha value is -1.64. The van der Waals surface area contributed by atoms with Crippen molar-refractivity contribution in [2.24, 2.45) is 0 Å². The Balaban J connectivity index is 2.44. The molecule has 8 heteroatoms. The van der Waals surface area contributed by atoms with Gasteiger partial charge in [-0.3, -0.25) is 0 Å². The summed E-state index contributed by atoms with van der Waals surface area (Å²) in [6.07, 6.45) is 0. The van der Waals surface area contributed by atoms with Gasteiger partial charge in [0.05, 0.1) is 18.8 Å². The first-order valence-corrected chi connectivity index (χ1v) is 7.01. The zero-order valence-corrected chi connectivity index (χ0v) is 10.8. The van der Waals surface area contributed by atoms with Gasteiger partial charge in [0.1, 0.15) is 10.6 Å². The van der Waals surface area contributed by atoms with Crippen molar-refractivity contribution in [1.82, 2.24) is 4.31 Å². The molecule has 0 unspecified atom stereocenters. The first kappa shape index (κ1) is 13.8. The van der Waals surface area contributed by atoms with Gasteiger partial charge in [-0.1, -0.05) is 0 Å². The molecule has 0 radical (unpaired) electrons. The molecule has 7 nitrogen and oxygen atoms in total. The highest BCUT2D eigenvalue weighted by atomic mass is 32.2. The van der Waals surface area contributed by atoms with E-state index in [0.29, 0.717) is 0 Å². The van der Waals surface area contributed by atoms with Crippen molar-refractivity contribution in [1.29, 1.82) is 0 Å². The monoisotopic (exact) mass is 287 g/mol. The normalized spacial score (nSPS) is 17.3. The van der Waals surface area contributed by atoms with E-state index in [2.05, 4.69) is 0 Å². The number of nitrogens with zero attached hydrogens (tertiary/aromatic N) is 1. The maximum atomic E-state index is 12.3. The van der Waals surface area contributed by atoms with Crippen LogP contribution in [0, 0.1) is 0 Å². The van der Waals surface area contributed by atoms with E-state index < -0.39 is 26.6 Å². The maximum absolute atomic E-state index is 12.3. The number of morpholine rings is 1. The van der Waals surface area contributed by atoms with Gasteiger partial charge in [0.2, 0.25) is 10.0 Å². The number of rotatable bonds is 3. The average Bonchev–Trinajstić information content (AvgIpc) is 2.39. The third kappa shape index (κ3) is 2.70. The molecule has 19 heavy (non-hydrogen) atoms. The van der Waals surface area contributed by atoms with Crippen molar-refractivity contribution in [3.8, 4) is 5.75 Å². The number of carboxylic acids is 1. The lowest BCUT2D eigenvalue weighted by Crippen LogP contribution is -2.40. The van der Waals surface area contributed by atoms with E-state index in [1.54, 1.807) is 0 Å². The summed E-state index contributed by atoms with van der Waals surface area (Å²) < 4.78 is 30.8. The molecule has 0 atom stereocenters. The number of carbonyl (C=O) groups is 1. The Labute approximate surface area is 110 Å². The Kier molecular flexibility index (Phi) is 3.74. The molecule has 0 amide bonds. The fourth-order valence-electron chi connectivity index (χ4n) is 1.78. The van der Waals surface area contributed by atoms with Gasteiger partial charge in [-0.15, -0.1) is 0 Å². The summed E-state index contributed by atoms with van der Waals surface area (Å²) in [5.74, 6) is -1.71. The predicted octanol–water partition coefficient (Wildman–Crippen LogP) is 0.111. The minimum Gasteiger partial charge on any atom is -0.507 e. The van der Waals surface area contributed by atoms with Crippen LogP contribution in [0.25, 0.3) is 0 Å². The van der Waals surface area contributed by atoms with Crippen molar-refractivity contribution in [3.05, 3.63) is 23.8 Å². The van der Waals surface area contributed by atoms with E-state index in [9.17, 15) is 18.3 Å². The average molecular weight is 287 g/mol. The van der Waals surface area contributed by atoms with E-state index >= 15 is 0 Å². The van der Waals surface area contributed by atoms with Crippen molar-refractivity contribution in [2.45, 2.75) is 4.90 Å². The molecule has 0 spiro atoms. The first-order chi connectivity index (χ1) is 8.93. The number of aromatic carboxylic acids is 1. The van der Waals surface area contributed by atoms with Crippen LogP contribution in [0.3, 0.4) is 0 Å². The number of sulfonamides is 1. The molecule has 2 N–H and O–H groups in total. The lowest BCUT2D eigenvalue weighted by Gasteiger charge is -2.26. The fraction of sp³-hybridized carbons (Fsp3) is 0.364. The number of benzene rings is 1. The molecule has 0 aliphatic carbocycles. The highest BCUT2D eigenvalue weighted by molar-refractivity contribution is 7.89. The number of phenolic OH excluding ortho intramolecular Hbond substituents is 1. The third-order valence-corrected chi connectivity index (χ3v) is 4.72. The number of ether oxygens (including phenoxy) is 1. The smallest absolute Gasteiger partial charge is 0.335 e. The number of hydrogen-bond donors (Lipinski definition) is 2. The zero-order valence-electron chi connectivity index (χ0n) is 9.94. The van der Waals surface area contributed by atoms with Crippen LogP contribution in [-0.2, 0) is 14.8 Å². The molecule has 1 aromatic carbocycles. The Morgan fingerprint density at radius 1 is 1.26 bits per heavy atom. The molecule has 1 aromatic rings. The summed E-state index contributed by atoms with van der Waals surface area (Å²) in [7, 11) is -3.91. The van der Waals surface area contributed by atoms with Crippen LogP contribution in [0.2, 0.25) is 0 Å². The van der Waals surface area contributed by atoms with E-state index in [-0.39, 0.29) is 31.9 Å². The molecule has 2 rings (SSSR count). The molecule has 104 valence electrons. The molecule has 1 saturated heterocycles. The van der Waals surface area contributed by atoms with Gasteiger partial charge in [0, 0.05) is 13.1 Å². The van der Waals surface area contributed by atoms with Gasteiger partial charge >= 0.3 is 5.97 Å². The number of hydrogen-bond acceptors (Lipinski definition) is 5. The van der Waals surface area contributed by atoms with Crippen LogP contribution in [0.4, 0.5) is 0 Å². The Morgan fingerprint density at radius 2 is 1.89 bits per heavy atom. The summed E-state index contributed by atoms with van der Waals surface area (Å²) in [4.78, 5) is 10.5. The van der Waals surface area contributed by atoms with Crippen molar-refractivity contribution >= 4 is 16.0 Å². The summed E-state index contributed by atoms with van der Waals surface area (Å²) in [5.41, 5.74) is -0.190. The van der Waals surface area contributed by atoms with Gasteiger partial charge < -0.3 is 14.9 Å². The van der Waals surface area contributed by atoms with Gasteiger partial charge in [-0.25, -0.2) is 13.2 Å². The van der Waals surface area contributed by atoms with Crippen molar-refractivity contribution < 1.29 is 28.2 Å². The number of phenols is 1. The van der Waals surface area contributed by atoms with Gasteiger partial charge in [0.25, 0.3) is 0 Å². The molecule has 1 fully saturated rings. The lowest BCUT2D eigenvalue weighted by atomic mass is 10.2. The van der Waals surface area contributed by atoms with Gasteiger partial charge in [0.15, 0.2) is 0 Å². The van der Waals surface area contributed by atoms with Gasteiger partial charge in [-0.2, -0.15) is 4.31 Å². The Bertz CT molecular complexity index is 591. The summed E-state index contributed by atoms with van der Waals surface area (Å²) in [5, 5.41) is 18.5. The molecule has 1 aliphatic rings. The number of aromatic hydroxyl groups is 1. The van der Waals surface area contributed by atoms with Crippen molar-refractivity contribution in [3.63, 3.8) is 0 Å². The minimum absolute atomic E-state index is 0.180. The number of carboxylic acid groups (broad SMARTS) is 1. The van der Waals surface area contributed by atoms with Crippen LogP contribution in [-0.4, -0.2) is 55.2 Å². The second kappa shape index (κ2) is 5.16. The quantitative estimate of drug-likeness (QED) is 0.817. The van der Waals surface area contributed by atoms with Crippen LogP contribution in [0.15, 0.2) is 23.1 Å². The summed E-state index contributed by atoms with van der Waals surface area (Å²) in [6, 6.07) is 3.18. The summed E-state index contributed by atoms with van der Waals surface area (Å²) >= 11 is 0. The minimum atomic E-state index is -3.91.